The Morgan fingerprint density at radius 3 is 2.81 bits per heavy atom. The zero-order valence-corrected chi connectivity index (χ0v) is 13.3. The molecule has 0 spiro atoms. The van der Waals surface area contributed by atoms with E-state index in [4.69, 9.17) is 0 Å². The Bertz CT molecular complexity index is 663. The summed E-state index contributed by atoms with van der Waals surface area (Å²) in [7, 11) is 0. The Labute approximate surface area is 129 Å². The summed E-state index contributed by atoms with van der Waals surface area (Å²) in [6.07, 6.45) is 2.05. The Hall–Kier alpha value is -1.81. The highest BCUT2D eigenvalue weighted by Gasteiger charge is 2.21. The smallest absolute Gasteiger partial charge is 0.223 e. The number of fused-ring (bicyclic) bond motifs is 1. The molecule has 110 valence electrons. The number of carbonyl (C=O) groups excluding carboxylic acids is 1. The van der Waals surface area contributed by atoms with Crippen LogP contribution in [0.2, 0.25) is 0 Å². The van der Waals surface area contributed by atoms with Gasteiger partial charge in [-0.1, -0.05) is 6.92 Å². The molecule has 1 amide bonds. The van der Waals surface area contributed by atoms with Gasteiger partial charge in [-0.05, 0) is 48.7 Å². The molecule has 0 atom stereocenters. The van der Waals surface area contributed by atoms with Crippen LogP contribution in [0.1, 0.15) is 29.2 Å². The minimum atomic E-state index is 0.125. The van der Waals surface area contributed by atoms with Crippen LogP contribution >= 0.6 is 11.3 Å². The lowest BCUT2D eigenvalue weighted by Crippen LogP contribution is -2.25. The molecule has 2 aromatic rings. The van der Waals surface area contributed by atoms with E-state index >= 15 is 0 Å². The maximum absolute atomic E-state index is 11.5. The lowest BCUT2D eigenvalue weighted by molar-refractivity contribution is -0.116. The predicted molar refractivity (Wildman–Crippen MR) is 89.2 cm³/mol. The summed E-state index contributed by atoms with van der Waals surface area (Å²) in [6.45, 7) is 5.48. The summed E-state index contributed by atoms with van der Waals surface area (Å²) in [5, 5.41) is 3.48. The second-order valence-electron chi connectivity index (χ2n) is 5.34. The fourth-order valence-corrected chi connectivity index (χ4v) is 3.63. The van der Waals surface area contributed by atoms with Crippen molar-refractivity contribution in [2.24, 2.45) is 0 Å². The number of aryl methyl sites for hydroxylation is 1. The lowest BCUT2D eigenvalue weighted by atomic mass is 10.1. The van der Waals surface area contributed by atoms with Crippen molar-refractivity contribution in [3.8, 4) is 0 Å². The summed E-state index contributed by atoms with van der Waals surface area (Å²) < 4.78 is 0. The summed E-state index contributed by atoms with van der Waals surface area (Å²) >= 11 is 1.87. The maximum Gasteiger partial charge on any atom is 0.223 e. The fourth-order valence-electron chi connectivity index (χ4n) is 2.74. The Kier molecular flexibility index (Phi) is 3.97. The summed E-state index contributed by atoms with van der Waals surface area (Å²) in [5.41, 5.74) is 3.46. The number of thiophene rings is 1. The van der Waals surface area contributed by atoms with E-state index in [9.17, 15) is 4.79 Å². The highest BCUT2D eigenvalue weighted by atomic mass is 32.1. The number of anilines is 2. The van der Waals surface area contributed by atoms with Crippen LogP contribution in [0.3, 0.4) is 0 Å². The molecule has 0 unspecified atom stereocenters. The first kappa shape index (κ1) is 14.1. The molecule has 3 rings (SSSR count). The van der Waals surface area contributed by atoms with Crippen LogP contribution < -0.4 is 10.2 Å². The number of carbonyl (C=O) groups is 1. The molecular formula is C17H20N2OS. The molecule has 4 heteroatoms. The first-order chi connectivity index (χ1) is 10.2. The third kappa shape index (κ3) is 2.95. The van der Waals surface area contributed by atoms with Gasteiger partial charge in [0.2, 0.25) is 5.91 Å². The van der Waals surface area contributed by atoms with Gasteiger partial charge in [0.1, 0.15) is 0 Å². The van der Waals surface area contributed by atoms with Crippen LogP contribution in [0.5, 0.6) is 0 Å². The largest absolute Gasteiger partial charge is 0.380 e. The second kappa shape index (κ2) is 5.90. The Balaban J connectivity index is 1.69. The SMILES string of the molecule is CCc1ccc(CNc2ccc3c(c2)CCN3C(C)=O)s1. The maximum atomic E-state index is 11.5. The molecule has 1 aromatic heterocycles. The average Bonchev–Trinajstić information content (AvgIpc) is 3.11. The molecule has 0 radical (unpaired) electrons. The van der Waals surface area contributed by atoms with Crippen LogP contribution in [0.25, 0.3) is 0 Å². The van der Waals surface area contributed by atoms with E-state index < -0.39 is 0 Å². The Morgan fingerprint density at radius 2 is 2.10 bits per heavy atom. The number of amides is 1. The number of hydrogen-bond acceptors (Lipinski definition) is 3. The molecule has 0 saturated carbocycles. The van der Waals surface area contributed by atoms with Gasteiger partial charge in [0.25, 0.3) is 0 Å². The van der Waals surface area contributed by atoms with Gasteiger partial charge in [0.05, 0.1) is 0 Å². The van der Waals surface area contributed by atoms with Crippen molar-refractivity contribution >= 4 is 28.6 Å². The number of benzene rings is 1. The first-order valence-corrected chi connectivity index (χ1v) is 8.21. The van der Waals surface area contributed by atoms with E-state index in [1.807, 2.05) is 16.2 Å². The standard InChI is InChI=1S/C17H20N2OS/c1-3-15-5-6-16(21-15)11-18-14-4-7-17-13(10-14)8-9-19(17)12(2)20/h4-7,10,18H,3,8-9,11H2,1-2H3. The third-order valence-corrected chi connectivity index (χ3v) is 5.12. The van der Waals surface area contributed by atoms with E-state index in [0.717, 1.165) is 37.3 Å². The quantitative estimate of drug-likeness (QED) is 0.930. The molecule has 0 saturated heterocycles. The zero-order chi connectivity index (χ0) is 14.8. The highest BCUT2D eigenvalue weighted by molar-refractivity contribution is 7.12. The van der Waals surface area contributed by atoms with Crippen molar-refractivity contribution in [1.29, 1.82) is 0 Å². The number of hydrogen-bond donors (Lipinski definition) is 1. The minimum absolute atomic E-state index is 0.125. The van der Waals surface area contributed by atoms with Gasteiger partial charge in [0.15, 0.2) is 0 Å². The molecule has 2 heterocycles. The van der Waals surface area contributed by atoms with Crippen LogP contribution in [-0.4, -0.2) is 12.5 Å². The van der Waals surface area contributed by atoms with Crippen LogP contribution in [0, 0.1) is 0 Å². The van der Waals surface area contributed by atoms with E-state index in [1.54, 1.807) is 6.92 Å². The van der Waals surface area contributed by atoms with Gasteiger partial charge in [-0.2, -0.15) is 0 Å². The van der Waals surface area contributed by atoms with Gasteiger partial charge >= 0.3 is 0 Å². The van der Waals surface area contributed by atoms with E-state index in [0.29, 0.717) is 0 Å². The number of nitrogens with zero attached hydrogens (tertiary/aromatic N) is 1. The third-order valence-electron chi connectivity index (χ3n) is 3.89. The van der Waals surface area contributed by atoms with Gasteiger partial charge in [0, 0.05) is 41.1 Å². The summed E-state index contributed by atoms with van der Waals surface area (Å²) in [4.78, 5) is 16.2. The Morgan fingerprint density at radius 1 is 1.29 bits per heavy atom. The van der Waals surface area contributed by atoms with Crippen molar-refractivity contribution in [2.75, 3.05) is 16.8 Å². The van der Waals surface area contributed by atoms with Crippen molar-refractivity contribution in [3.05, 3.63) is 45.6 Å². The first-order valence-electron chi connectivity index (χ1n) is 7.40. The zero-order valence-electron chi connectivity index (χ0n) is 12.5. The molecule has 0 bridgehead atoms. The van der Waals surface area contributed by atoms with E-state index in [2.05, 4.69) is 42.6 Å². The normalized spacial score (nSPS) is 13.3. The molecule has 0 aliphatic carbocycles. The van der Waals surface area contributed by atoms with Crippen molar-refractivity contribution in [1.82, 2.24) is 0 Å². The summed E-state index contributed by atoms with van der Waals surface area (Å²) in [5.74, 6) is 0.125. The van der Waals surface area contributed by atoms with E-state index in [-0.39, 0.29) is 5.91 Å². The minimum Gasteiger partial charge on any atom is -0.380 e. The van der Waals surface area contributed by atoms with Crippen LogP contribution in [0.4, 0.5) is 11.4 Å². The van der Waals surface area contributed by atoms with Crippen molar-refractivity contribution in [2.45, 2.75) is 33.2 Å². The van der Waals surface area contributed by atoms with Gasteiger partial charge < -0.3 is 10.2 Å². The molecule has 1 aliphatic heterocycles. The van der Waals surface area contributed by atoms with Gasteiger partial charge in [-0.3, -0.25) is 4.79 Å². The monoisotopic (exact) mass is 300 g/mol. The lowest BCUT2D eigenvalue weighted by Gasteiger charge is -2.15. The van der Waals surface area contributed by atoms with Crippen molar-refractivity contribution < 1.29 is 4.79 Å². The van der Waals surface area contributed by atoms with Crippen LogP contribution in [-0.2, 0) is 24.2 Å². The molecular weight excluding hydrogens is 280 g/mol. The average molecular weight is 300 g/mol. The molecule has 3 nitrogen and oxygen atoms in total. The molecule has 1 aliphatic rings. The molecule has 1 N–H and O–H groups in total. The topological polar surface area (TPSA) is 32.3 Å². The highest BCUT2D eigenvalue weighted by Crippen LogP contribution is 2.30. The van der Waals surface area contributed by atoms with Gasteiger partial charge in [-0.25, -0.2) is 0 Å². The number of nitrogens with one attached hydrogen (secondary N) is 1. The second-order valence-corrected chi connectivity index (χ2v) is 6.59. The summed E-state index contributed by atoms with van der Waals surface area (Å²) in [6, 6.07) is 10.7. The molecule has 1 aromatic carbocycles. The fraction of sp³-hybridized carbons (Fsp3) is 0.353. The van der Waals surface area contributed by atoms with Crippen molar-refractivity contribution in [3.63, 3.8) is 0 Å². The van der Waals surface area contributed by atoms with E-state index in [1.165, 1.54) is 15.3 Å². The van der Waals surface area contributed by atoms with Gasteiger partial charge in [-0.15, -0.1) is 11.3 Å². The van der Waals surface area contributed by atoms with Crippen LogP contribution in [0.15, 0.2) is 30.3 Å². The predicted octanol–water partition coefficient (Wildman–Crippen LogP) is 3.83. The molecule has 21 heavy (non-hydrogen) atoms. The molecule has 0 fully saturated rings. The number of rotatable bonds is 4.